The third kappa shape index (κ3) is 4.01. The molecule has 0 amide bonds. The van der Waals surface area contributed by atoms with Crippen molar-refractivity contribution in [2.24, 2.45) is 5.92 Å². The maximum absolute atomic E-state index is 12.7. The molecule has 9 nitrogen and oxygen atoms in total. The van der Waals surface area contributed by atoms with E-state index in [0.717, 1.165) is 12.8 Å². The zero-order valence-corrected chi connectivity index (χ0v) is 18.9. The van der Waals surface area contributed by atoms with Crippen LogP contribution in [0.5, 0.6) is 0 Å². The van der Waals surface area contributed by atoms with Gasteiger partial charge in [0.1, 0.15) is 5.39 Å². The van der Waals surface area contributed by atoms with Crippen molar-refractivity contribution in [1.82, 2.24) is 19.1 Å². The molecule has 1 atom stereocenters. The first-order chi connectivity index (χ1) is 15.4. The molecule has 1 saturated carbocycles. The molecule has 2 heterocycles. The predicted octanol–water partition coefficient (Wildman–Crippen LogP) is 3.36. The highest BCUT2D eigenvalue weighted by molar-refractivity contribution is 7.89. The zero-order valence-electron chi connectivity index (χ0n) is 18.1. The number of aromatic amines is 1. The van der Waals surface area contributed by atoms with Crippen molar-refractivity contribution in [1.29, 1.82) is 5.26 Å². The van der Waals surface area contributed by atoms with Gasteiger partial charge in [-0.15, -0.1) is 0 Å². The molecule has 168 valence electrons. The number of rotatable bonds is 9. The Morgan fingerprint density at radius 3 is 2.53 bits per heavy atom. The molecule has 1 fully saturated rings. The van der Waals surface area contributed by atoms with Crippen LogP contribution in [0.1, 0.15) is 39.2 Å². The van der Waals surface area contributed by atoms with Crippen molar-refractivity contribution in [3.8, 4) is 6.07 Å². The Kier molecular flexibility index (Phi) is 6.04. The van der Waals surface area contributed by atoms with Crippen molar-refractivity contribution in [2.45, 2.75) is 44.0 Å². The van der Waals surface area contributed by atoms with Gasteiger partial charge in [0.25, 0.3) is 5.56 Å². The lowest BCUT2D eigenvalue weighted by Gasteiger charge is -2.18. The average Bonchev–Trinajstić information content (AvgIpc) is 3.55. The second-order valence-corrected chi connectivity index (χ2v) is 9.80. The lowest BCUT2D eigenvalue weighted by molar-refractivity contribution is 0.426. The monoisotopic (exact) mass is 454 g/mol. The van der Waals surface area contributed by atoms with Gasteiger partial charge in [-0.25, -0.2) is 8.42 Å². The van der Waals surface area contributed by atoms with Crippen molar-refractivity contribution in [3.05, 3.63) is 46.9 Å². The van der Waals surface area contributed by atoms with E-state index >= 15 is 0 Å². The SMILES string of the molecule is CCN(CC)S(=O)(=O)c1ccc(Nc2nn([C@@H](CC#N)C3CC3)c3cc[nH]c(=O)c23)cc1. The highest BCUT2D eigenvalue weighted by Gasteiger charge is 2.34. The Morgan fingerprint density at radius 1 is 1.25 bits per heavy atom. The van der Waals surface area contributed by atoms with Crippen LogP contribution in [-0.4, -0.2) is 40.6 Å². The number of anilines is 2. The highest BCUT2D eigenvalue weighted by atomic mass is 32.2. The molecule has 1 aliphatic carbocycles. The van der Waals surface area contributed by atoms with E-state index in [1.54, 1.807) is 55.1 Å². The van der Waals surface area contributed by atoms with Gasteiger partial charge in [0.05, 0.1) is 28.9 Å². The number of sulfonamides is 1. The van der Waals surface area contributed by atoms with Gasteiger partial charge in [-0.3, -0.25) is 9.48 Å². The Hall–Kier alpha value is -3.16. The second-order valence-electron chi connectivity index (χ2n) is 7.87. The summed E-state index contributed by atoms with van der Waals surface area (Å²) < 4.78 is 28.6. The molecule has 0 aliphatic heterocycles. The normalized spacial score (nSPS) is 15.1. The number of hydrogen-bond donors (Lipinski definition) is 2. The van der Waals surface area contributed by atoms with E-state index in [1.165, 1.54) is 4.31 Å². The summed E-state index contributed by atoms with van der Waals surface area (Å²) in [5.74, 6) is 0.763. The van der Waals surface area contributed by atoms with Gasteiger partial charge in [0.15, 0.2) is 5.82 Å². The van der Waals surface area contributed by atoms with Crippen LogP contribution in [0.3, 0.4) is 0 Å². The van der Waals surface area contributed by atoms with E-state index in [9.17, 15) is 18.5 Å². The van der Waals surface area contributed by atoms with E-state index in [-0.39, 0.29) is 16.5 Å². The zero-order chi connectivity index (χ0) is 22.9. The minimum Gasteiger partial charge on any atom is -0.338 e. The number of pyridine rings is 1. The van der Waals surface area contributed by atoms with Gasteiger partial charge in [-0.2, -0.15) is 14.7 Å². The van der Waals surface area contributed by atoms with Gasteiger partial charge >= 0.3 is 0 Å². The molecule has 4 rings (SSSR count). The number of hydrogen-bond acceptors (Lipinski definition) is 6. The van der Waals surface area contributed by atoms with Crippen LogP contribution >= 0.6 is 0 Å². The third-order valence-corrected chi connectivity index (χ3v) is 7.94. The van der Waals surface area contributed by atoms with Gasteiger partial charge in [-0.05, 0) is 49.1 Å². The summed E-state index contributed by atoms with van der Waals surface area (Å²) in [6.45, 7) is 4.40. The Balaban J connectivity index is 1.69. The molecular weight excluding hydrogens is 428 g/mol. The fourth-order valence-corrected chi connectivity index (χ4v) is 5.48. The van der Waals surface area contributed by atoms with Crippen LogP contribution in [-0.2, 0) is 10.0 Å². The maximum Gasteiger partial charge on any atom is 0.261 e. The minimum absolute atomic E-state index is 0.0820. The van der Waals surface area contributed by atoms with Crippen LogP contribution in [0.25, 0.3) is 10.9 Å². The van der Waals surface area contributed by atoms with Crippen LogP contribution in [0, 0.1) is 17.2 Å². The highest BCUT2D eigenvalue weighted by Crippen LogP contribution is 2.43. The predicted molar refractivity (Wildman–Crippen MR) is 122 cm³/mol. The molecule has 0 saturated heterocycles. The Bertz CT molecular complexity index is 1310. The molecule has 0 bridgehead atoms. The number of fused-ring (bicyclic) bond motifs is 1. The quantitative estimate of drug-likeness (QED) is 0.511. The van der Waals surface area contributed by atoms with Gasteiger partial charge in [0, 0.05) is 25.0 Å². The maximum atomic E-state index is 12.7. The van der Waals surface area contributed by atoms with Crippen molar-refractivity contribution >= 4 is 32.4 Å². The van der Waals surface area contributed by atoms with Crippen LogP contribution < -0.4 is 10.9 Å². The minimum atomic E-state index is -3.55. The van der Waals surface area contributed by atoms with Crippen LogP contribution in [0.2, 0.25) is 0 Å². The lowest BCUT2D eigenvalue weighted by atomic mass is 10.1. The summed E-state index contributed by atoms with van der Waals surface area (Å²) in [5, 5.41) is 17.5. The summed E-state index contributed by atoms with van der Waals surface area (Å²) in [5.41, 5.74) is 1.01. The summed E-state index contributed by atoms with van der Waals surface area (Å²) >= 11 is 0. The number of nitrogens with zero attached hydrogens (tertiary/aromatic N) is 4. The number of benzene rings is 1. The fourth-order valence-electron chi connectivity index (χ4n) is 4.03. The van der Waals surface area contributed by atoms with Crippen molar-refractivity contribution in [2.75, 3.05) is 18.4 Å². The average molecular weight is 455 g/mol. The first-order valence-corrected chi connectivity index (χ1v) is 12.2. The molecular formula is C22H26N6O3S. The molecule has 0 radical (unpaired) electrons. The van der Waals surface area contributed by atoms with E-state index in [4.69, 9.17) is 0 Å². The van der Waals surface area contributed by atoms with E-state index in [2.05, 4.69) is 21.5 Å². The smallest absolute Gasteiger partial charge is 0.261 e. The first-order valence-electron chi connectivity index (χ1n) is 10.7. The van der Waals surface area contributed by atoms with Gasteiger partial charge in [-0.1, -0.05) is 13.8 Å². The molecule has 1 aliphatic rings. The van der Waals surface area contributed by atoms with Crippen LogP contribution in [0.15, 0.2) is 46.2 Å². The largest absolute Gasteiger partial charge is 0.338 e. The molecule has 2 N–H and O–H groups in total. The standard InChI is InChI=1S/C22H26N6O3S/c1-3-27(4-2)32(30,31)17-9-7-16(8-10-17)25-21-20-19(12-14-24-22(20)29)28(26-21)18(11-13-23)15-5-6-15/h7-10,12,14-15,18H,3-6,11H2,1-2H3,(H,24,29)(H,25,26)/t18-/m0/s1. The lowest BCUT2D eigenvalue weighted by Crippen LogP contribution is -2.30. The number of aromatic nitrogens is 3. The molecule has 3 aromatic rings. The number of H-pyrrole nitrogens is 1. The number of nitriles is 1. The summed E-state index contributed by atoms with van der Waals surface area (Å²) in [6, 6.07) is 10.4. The molecule has 2 aromatic heterocycles. The summed E-state index contributed by atoms with van der Waals surface area (Å²) in [7, 11) is -3.55. The van der Waals surface area contributed by atoms with Crippen molar-refractivity contribution < 1.29 is 8.42 Å². The van der Waals surface area contributed by atoms with Crippen LogP contribution in [0.4, 0.5) is 11.5 Å². The molecule has 10 heteroatoms. The first kappa shape index (κ1) is 22.0. The Labute approximate surface area is 186 Å². The fraction of sp³-hybridized carbons (Fsp3) is 0.409. The van der Waals surface area contributed by atoms with Gasteiger partial charge < -0.3 is 10.3 Å². The Morgan fingerprint density at radius 2 is 1.94 bits per heavy atom. The molecule has 0 unspecified atom stereocenters. The summed E-state index contributed by atoms with van der Waals surface area (Å²) in [4.78, 5) is 15.5. The number of nitrogens with one attached hydrogen (secondary N) is 2. The topological polar surface area (TPSA) is 124 Å². The van der Waals surface area contributed by atoms with Crippen molar-refractivity contribution in [3.63, 3.8) is 0 Å². The summed E-state index contributed by atoms with van der Waals surface area (Å²) in [6.07, 6.45) is 3.99. The molecule has 0 spiro atoms. The molecule has 1 aromatic carbocycles. The van der Waals surface area contributed by atoms with E-state index < -0.39 is 10.0 Å². The van der Waals surface area contributed by atoms with E-state index in [0.29, 0.717) is 47.8 Å². The third-order valence-electron chi connectivity index (χ3n) is 5.87. The van der Waals surface area contributed by atoms with Gasteiger partial charge in [0.2, 0.25) is 10.0 Å². The molecule has 32 heavy (non-hydrogen) atoms. The second kappa shape index (κ2) is 8.76. The van der Waals surface area contributed by atoms with E-state index in [1.807, 2.05) is 0 Å².